The van der Waals surface area contributed by atoms with Crippen molar-refractivity contribution >= 4 is 11.3 Å². The number of hydrogen-bond acceptors (Lipinski definition) is 4. The minimum absolute atomic E-state index is 0.558. The molecule has 0 fully saturated rings. The summed E-state index contributed by atoms with van der Waals surface area (Å²) in [7, 11) is 1.67. The zero-order chi connectivity index (χ0) is 12.8. The van der Waals surface area contributed by atoms with Crippen molar-refractivity contribution < 1.29 is 9.47 Å². The lowest BCUT2D eigenvalue weighted by Crippen LogP contribution is -2.04. The Labute approximate surface area is 111 Å². The van der Waals surface area contributed by atoms with E-state index in [2.05, 4.69) is 18.2 Å². The number of hydrogen-bond donors (Lipinski definition) is 1. The summed E-state index contributed by atoms with van der Waals surface area (Å²) in [5.74, 6) is 0.889. The van der Waals surface area contributed by atoms with Crippen molar-refractivity contribution in [2.75, 3.05) is 20.3 Å². The average molecular weight is 263 g/mol. The summed E-state index contributed by atoms with van der Waals surface area (Å²) < 4.78 is 10.7. The third kappa shape index (κ3) is 3.10. The Bertz CT molecular complexity index is 496. The van der Waals surface area contributed by atoms with Crippen LogP contribution in [-0.4, -0.2) is 20.3 Å². The van der Waals surface area contributed by atoms with Gasteiger partial charge in [0, 0.05) is 29.0 Å². The molecule has 0 saturated carbocycles. The first kappa shape index (κ1) is 13.1. The number of thiophene rings is 1. The van der Waals surface area contributed by atoms with Gasteiger partial charge in [0.05, 0.1) is 6.61 Å². The van der Waals surface area contributed by atoms with Gasteiger partial charge in [0.15, 0.2) is 0 Å². The minimum atomic E-state index is 0.558. The van der Waals surface area contributed by atoms with Gasteiger partial charge in [-0.25, -0.2) is 0 Å². The third-order valence-corrected chi connectivity index (χ3v) is 3.70. The first-order valence-corrected chi connectivity index (χ1v) is 6.66. The Morgan fingerprint density at radius 1 is 1.11 bits per heavy atom. The highest BCUT2D eigenvalue weighted by Gasteiger charge is 2.08. The van der Waals surface area contributed by atoms with Crippen molar-refractivity contribution in [3.05, 3.63) is 41.3 Å². The second kappa shape index (κ2) is 6.54. The smallest absolute Gasteiger partial charge is 0.128 e. The Morgan fingerprint density at radius 2 is 1.94 bits per heavy atom. The average Bonchev–Trinajstić information content (AvgIpc) is 2.88. The fraction of sp³-hybridized carbons (Fsp3) is 0.286. The molecule has 1 heterocycles. The number of rotatable bonds is 6. The molecule has 3 nitrogen and oxygen atoms in total. The number of nitrogens with two attached hydrogens (primary N) is 1. The van der Waals surface area contributed by atoms with Gasteiger partial charge in [-0.3, -0.25) is 0 Å². The summed E-state index contributed by atoms with van der Waals surface area (Å²) >= 11 is 1.70. The van der Waals surface area contributed by atoms with Gasteiger partial charge in [0.25, 0.3) is 0 Å². The van der Waals surface area contributed by atoms with Crippen LogP contribution in [-0.2, 0) is 11.3 Å². The molecule has 0 bridgehead atoms. The lowest BCUT2D eigenvalue weighted by molar-refractivity contribution is 0.146. The molecule has 0 aliphatic carbocycles. The molecule has 0 amide bonds. The highest BCUT2D eigenvalue weighted by Crippen LogP contribution is 2.34. The highest BCUT2D eigenvalue weighted by molar-refractivity contribution is 7.15. The van der Waals surface area contributed by atoms with Gasteiger partial charge in [-0.1, -0.05) is 12.1 Å². The fourth-order valence-corrected chi connectivity index (χ4v) is 2.58. The van der Waals surface area contributed by atoms with Crippen LogP contribution in [0.25, 0.3) is 10.4 Å². The van der Waals surface area contributed by atoms with Crippen molar-refractivity contribution in [1.82, 2.24) is 0 Å². The minimum Gasteiger partial charge on any atom is -0.491 e. The van der Waals surface area contributed by atoms with Gasteiger partial charge in [0.2, 0.25) is 0 Å². The molecule has 2 N–H and O–H groups in total. The Balaban J connectivity index is 2.20. The molecule has 2 aromatic rings. The lowest BCUT2D eigenvalue weighted by Gasteiger charge is -2.09. The van der Waals surface area contributed by atoms with E-state index in [4.69, 9.17) is 15.2 Å². The number of para-hydroxylation sites is 1. The largest absolute Gasteiger partial charge is 0.491 e. The van der Waals surface area contributed by atoms with Crippen molar-refractivity contribution in [2.24, 2.45) is 5.73 Å². The topological polar surface area (TPSA) is 44.5 Å². The van der Waals surface area contributed by atoms with E-state index < -0.39 is 0 Å². The van der Waals surface area contributed by atoms with Crippen molar-refractivity contribution in [1.29, 1.82) is 0 Å². The molecular weight excluding hydrogens is 246 g/mol. The van der Waals surface area contributed by atoms with Crippen molar-refractivity contribution in [3.63, 3.8) is 0 Å². The van der Waals surface area contributed by atoms with Gasteiger partial charge in [0.1, 0.15) is 12.4 Å². The molecule has 4 heteroatoms. The van der Waals surface area contributed by atoms with E-state index in [1.54, 1.807) is 18.4 Å². The first-order chi connectivity index (χ1) is 8.85. The second-order valence-electron chi connectivity index (χ2n) is 3.81. The summed E-state index contributed by atoms with van der Waals surface area (Å²) in [6.07, 6.45) is 0. The zero-order valence-corrected chi connectivity index (χ0v) is 11.2. The predicted molar refractivity (Wildman–Crippen MR) is 75.0 cm³/mol. The molecule has 0 radical (unpaired) electrons. The summed E-state index contributed by atoms with van der Waals surface area (Å²) in [4.78, 5) is 2.36. The molecule has 0 spiro atoms. The Kier molecular flexibility index (Phi) is 4.75. The van der Waals surface area contributed by atoms with Crippen LogP contribution in [0.3, 0.4) is 0 Å². The predicted octanol–water partition coefficient (Wildman–Crippen LogP) is 2.90. The van der Waals surface area contributed by atoms with E-state index >= 15 is 0 Å². The molecule has 96 valence electrons. The molecular formula is C14H17NO2S. The second-order valence-corrected chi connectivity index (χ2v) is 4.98. The molecule has 0 unspecified atom stereocenters. The van der Waals surface area contributed by atoms with E-state index in [1.807, 2.05) is 18.2 Å². The maximum absolute atomic E-state index is 5.73. The maximum atomic E-state index is 5.73. The fourth-order valence-electron chi connectivity index (χ4n) is 1.66. The van der Waals surface area contributed by atoms with Crippen LogP contribution in [0.5, 0.6) is 5.75 Å². The van der Waals surface area contributed by atoms with E-state index in [9.17, 15) is 0 Å². The van der Waals surface area contributed by atoms with Crippen molar-refractivity contribution in [2.45, 2.75) is 6.54 Å². The van der Waals surface area contributed by atoms with Crippen LogP contribution in [0.1, 0.15) is 4.88 Å². The van der Waals surface area contributed by atoms with Gasteiger partial charge >= 0.3 is 0 Å². The van der Waals surface area contributed by atoms with Crippen LogP contribution in [0.15, 0.2) is 36.4 Å². The van der Waals surface area contributed by atoms with Gasteiger partial charge < -0.3 is 15.2 Å². The molecule has 18 heavy (non-hydrogen) atoms. The first-order valence-electron chi connectivity index (χ1n) is 5.85. The van der Waals surface area contributed by atoms with Crippen LogP contribution in [0.4, 0.5) is 0 Å². The molecule has 0 atom stereocenters. The number of ether oxygens (including phenoxy) is 2. The summed E-state index contributed by atoms with van der Waals surface area (Å²) in [5.41, 5.74) is 6.75. The van der Waals surface area contributed by atoms with Crippen LogP contribution in [0, 0.1) is 0 Å². The molecule has 0 saturated heterocycles. The molecule has 1 aromatic carbocycles. The zero-order valence-electron chi connectivity index (χ0n) is 10.4. The maximum Gasteiger partial charge on any atom is 0.128 e. The van der Waals surface area contributed by atoms with Gasteiger partial charge in [-0.15, -0.1) is 11.3 Å². The number of methoxy groups -OCH3 is 1. The van der Waals surface area contributed by atoms with Crippen molar-refractivity contribution in [3.8, 4) is 16.2 Å². The number of benzene rings is 1. The Hall–Kier alpha value is -1.36. The van der Waals surface area contributed by atoms with Crippen LogP contribution >= 0.6 is 11.3 Å². The standard InChI is InChI=1S/C14H17NO2S/c1-16-8-9-17-13-5-3-2-4-12(13)14-7-6-11(10-15)18-14/h2-7H,8-10,15H2,1H3. The van der Waals surface area contributed by atoms with Gasteiger partial charge in [-0.05, 0) is 24.3 Å². The summed E-state index contributed by atoms with van der Waals surface area (Å²) in [5, 5.41) is 0. The molecule has 2 rings (SSSR count). The quantitative estimate of drug-likeness (QED) is 0.815. The van der Waals surface area contributed by atoms with Crippen LogP contribution in [0.2, 0.25) is 0 Å². The lowest BCUT2D eigenvalue weighted by atomic mass is 10.1. The summed E-state index contributed by atoms with van der Waals surface area (Å²) in [6, 6.07) is 12.2. The van der Waals surface area contributed by atoms with E-state index in [1.165, 1.54) is 9.75 Å². The van der Waals surface area contributed by atoms with E-state index in [-0.39, 0.29) is 0 Å². The van der Waals surface area contributed by atoms with Gasteiger partial charge in [-0.2, -0.15) is 0 Å². The van der Waals surface area contributed by atoms with Crippen LogP contribution < -0.4 is 10.5 Å². The monoisotopic (exact) mass is 263 g/mol. The Morgan fingerprint density at radius 3 is 2.67 bits per heavy atom. The SMILES string of the molecule is COCCOc1ccccc1-c1ccc(CN)s1. The molecule has 0 aliphatic rings. The third-order valence-electron chi connectivity index (χ3n) is 2.56. The van der Waals surface area contributed by atoms with E-state index in [0.29, 0.717) is 19.8 Å². The highest BCUT2D eigenvalue weighted by atomic mass is 32.1. The molecule has 1 aromatic heterocycles. The summed E-state index contributed by atoms with van der Waals surface area (Å²) in [6.45, 7) is 1.73. The molecule has 0 aliphatic heterocycles. The van der Waals surface area contributed by atoms with E-state index in [0.717, 1.165) is 11.3 Å². The normalized spacial score (nSPS) is 10.6.